The van der Waals surface area contributed by atoms with E-state index in [1.54, 1.807) is 4.68 Å². The molecule has 140 valence electrons. The number of hydrogen-bond acceptors (Lipinski definition) is 4. The van der Waals surface area contributed by atoms with Crippen LogP contribution < -0.4 is 11.0 Å². The Labute approximate surface area is 161 Å². The normalized spacial score (nSPS) is 12.0. The van der Waals surface area contributed by atoms with E-state index in [0.717, 1.165) is 15.9 Å². The molecule has 0 saturated heterocycles. The van der Waals surface area contributed by atoms with E-state index in [2.05, 4.69) is 15.5 Å². The average Bonchev–Trinajstić information content (AvgIpc) is 3.17. The largest absolute Gasteiger partial charge is 0.283 e. The number of carbonyl (C=O) groups excluding carboxylic acids is 1. The second kappa shape index (κ2) is 7.48. The summed E-state index contributed by atoms with van der Waals surface area (Å²) in [5.41, 5.74) is 4.45. The van der Waals surface area contributed by atoms with Crippen molar-refractivity contribution in [2.45, 2.75) is 19.3 Å². The second-order valence-corrected chi connectivity index (χ2v) is 6.40. The third kappa shape index (κ3) is 3.18. The number of amides is 1. The minimum absolute atomic E-state index is 0.257. The first-order valence-corrected chi connectivity index (χ1v) is 9.05. The van der Waals surface area contributed by atoms with Crippen molar-refractivity contribution in [2.75, 3.05) is 5.43 Å². The second-order valence-electron chi connectivity index (χ2n) is 6.40. The molecule has 0 aliphatic carbocycles. The number of fused-ring (bicyclic) bond motifs is 1. The number of benzene rings is 2. The minimum atomic E-state index is -0.372. The van der Waals surface area contributed by atoms with Crippen molar-refractivity contribution >= 4 is 16.9 Å². The zero-order valence-electron chi connectivity index (χ0n) is 15.3. The molecule has 0 aliphatic rings. The van der Waals surface area contributed by atoms with Crippen LogP contribution >= 0.6 is 0 Å². The predicted molar refractivity (Wildman–Crippen MR) is 107 cm³/mol. The molecule has 0 saturated carbocycles. The van der Waals surface area contributed by atoms with Crippen molar-refractivity contribution in [3.8, 4) is 5.69 Å². The summed E-state index contributed by atoms with van der Waals surface area (Å²) in [6.45, 7) is 1.94. The van der Waals surface area contributed by atoms with Gasteiger partial charge in [0.25, 0.3) is 5.56 Å². The van der Waals surface area contributed by atoms with Gasteiger partial charge in [-0.1, -0.05) is 55.5 Å². The van der Waals surface area contributed by atoms with Crippen LogP contribution in [0, 0.1) is 0 Å². The van der Waals surface area contributed by atoms with Gasteiger partial charge in [-0.3, -0.25) is 15.0 Å². The van der Waals surface area contributed by atoms with Crippen molar-refractivity contribution < 1.29 is 4.79 Å². The number of rotatable bonds is 5. The Bertz CT molecular complexity index is 1170. The Morgan fingerprint density at radius 1 is 1.07 bits per heavy atom. The van der Waals surface area contributed by atoms with Gasteiger partial charge in [0.15, 0.2) is 5.65 Å². The fourth-order valence-corrected chi connectivity index (χ4v) is 3.20. The first-order chi connectivity index (χ1) is 13.7. The summed E-state index contributed by atoms with van der Waals surface area (Å²) in [4.78, 5) is 29.9. The van der Waals surface area contributed by atoms with Crippen molar-refractivity contribution in [1.29, 1.82) is 0 Å². The molecule has 4 aromatic rings. The van der Waals surface area contributed by atoms with Gasteiger partial charge < -0.3 is 0 Å². The van der Waals surface area contributed by atoms with Gasteiger partial charge in [0.05, 0.1) is 17.8 Å². The molecule has 7 nitrogen and oxygen atoms in total. The maximum Gasteiger partial charge on any atom is 0.283 e. The van der Waals surface area contributed by atoms with Crippen molar-refractivity contribution in [3.05, 3.63) is 89.1 Å². The van der Waals surface area contributed by atoms with Crippen LogP contribution in [0.5, 0.6) is 0 Å². The van der Waals surface area contributed by atoms with Gasteiger partial charge in [-0.2, -0.15) is 5.10 Å². The third-order valence-electron chi connectivity index (χ3n) is 4.65. The lowest BCUT2D eigenvalue weighted by Crippen LogP contribution is -2.35. The molecule has 0 radical (unpaired) electrons. The van der Waals surface area contributed by atoms with E-state index in [4.69, 9.17) is 0 Å². The molecular weight excluding hydrogens is 354 g/mol. The Balaban J connectivity index is 1.66. The van der Waals surface area contributed by atoms with Gasteiger partial charge in [0.1, 0.15) is 11.7 Å². The lowest BCUT2D eigenvalue weighted by Gasteiger charge is -2.16. The number of nitrogens with one attached hydrogen (secondary N) is 1. The van der Waals surface area contributed by atoms with Gasteiger partial charge in [-0.25, -0.2) is 14.3 Å². The Kier molecular flexibility index (Phi) is 4.72. The summed E-state index contributed by atoms with van der Waals surface area (Å²) in [5, 5.41) is 4.61. The number of para-hydroxylation sites is 1. The number of nitrogens with zero attached hydrogens (tertiary/aromatic N) is 4. The molecule has 2 aromatic carbocycles. The molecule has 0 aliphatic heterocycles. The monoisotopic (exact) mass is 373 g/mol. The maximum atomic E-state index is 12.8. The van der Waals surface area contributed by atoms with E-state index in [1.165, 1.54) is 12.5 Å². The molecule has 0 unspecified atom stereocenters. The Morgan fingerprint density at radius 3 is 2.43 bits per heavy atom. The summed E-state index contributed by atoms with van der Waals surface area (Å²) in [6, 6.07) is 18.9. The first kappa shape index (κ1) is 17.7. The van der Waals surface area contributed by atoms with E-state index in [9.17, 15) is 9.59 Å². The maximum absolute atomic E-state index is 12.8. The van der Waals surface area contributed by atoms with Crippen LogP contribution in [0.25, 0.3) is 16.7 Å². The van der Waals surface area contributed by atoms with E-state index >= 15 is 0 Å². The lowest BCUT2D eigenvalue weighted by molar-refractivity contribution is -0.118. The van der Waals surface area contributed by atoms with Crippen molar-refractivity contribution in [1.82, 2.24) is 19.4 Å². The highest BCUT2D eigenvalue weighted by atomic mass is 16.2. The lowest BCUT2D eigenvalue weighted by atomic mass is 9.96. The summed E-state index contributed by atoms with van der Waals surface area (Å²) in [6.07, 6.45) is 3.41. The van der Waals surface area contributed by atoms with Crippen LogP contribution in [0.4, 0.5) is 0 Å². The summed E-state index contributed by atoms with van der Waals surface area (Å²) < 4.78 is 2.72. The fourth-order valence-electron chi connectivity index (χ4n) is 3.20. The third-order valence-corrected chi connectivity index (χ3v) is 4.65. The molecule has 4 rings (SSSR count). The molecule has 0 fully saturated rings. The molecule has 1 N–H and O–H groups in total. The van der Waals surface area contributed by atoms with Crippen LogP contribution in [0.15, 0.2) is 78.0 Å². The van der Waals surface area contributed by atoms with Crippen molar-refractivity contribution in [2.24, 2.45) is 0 Å². The standard InChI is InChI=1S/C21H19N5O2/c1-2-17(15-9-5-3-6-10-15)20(27)24-25-14-22-19-18(21(25)28)13-23-26(19)16-11-7-4-8-12-16/h3-14,17H,2H2,1H3,(H,24,27)/t17-/m1/s1. The van der Waals surface area contributed by atoms with Crippen LogP contribution in [-0.2, 0) is 4.79 Å². The topological polar surface area (TPSA) is 81.8 Å². The van der Waals surface area contributed by atoms with E-state index < -0.39 is 0 Å². The van der Waals surface area contributed by atoms with E-state index in [-0.39, 0.29) is 17.4 Å². The van der Waals surface area contributed by atoms with Gasteiger partial charge >= 0.3 is 0 Å². The predicted octanol–water partition coefficient (Wildman–Crippen LogP) is 2.85. The molecule has 28 heavy (non-hydrogen) atoms. The average molecular weight is 373 g/mol. The highest BCUT2D eigenvalue weighted by Crippen LogP contribution is 2.19. The zero-order chi connectivity index (χ0) is 19.5. The van der Waals surface area contributed by atoms with Gasteiger partial charge in [-0.05, 0) is 24.1 Å². The number of aromatic nitrogens is 4. The van der Waals surface area contributed by atoms with Gasteiger partial charge in [-0.15, -0.1) is 0 Å². The Hall–Kier alpha value is -3.74. The van der Waals surface area contributed by atoms with Crippen LogP contribution in [0.2, 0.25) is 0 Å². The molecule has 1 atom stereocenters. The number of hydrogen-bond donors (Lipinski definition) is 1. The highest BCUT2D eigenvalue weighted by molar-refractivity contribution is 5.90. The SMILES string of the molecule is CC[C@@H](C(=O)Nn1cnc2c(cnn2-c2ccccc2)c1=O)c1ccccc1. The molecule has 2 aromatic heterocycles. The van der Waals surface area contributed by atoms with E-state index in [0.29, 0.717) is 17.5 Å². The number of carbonyl (C=O) groups is 1. The molecular formula is C21H19N5O2. The molecule has 0 bridgehead atoms. The molecule has 7 heteroatoms. The highest BCUT2D eigenvalue weighted by Gasteiger charge is 2.20. The molecule has 2 heterocycles. The molecule has 0 spiro atoms. The quantitative estimate of drug-likeness (QED) is 0.583. The minimum Gasteiger partial charge on any atom is -0.273 e. The zero-order valence-corrected chi connectivity index (χ0v) is 15.3. The van der Waals surface area contributed by atoms with Gasteiger partial charge in [0.2, 0.25) is 5.91 Å². The van der Waals surface area contributed by atoms with Crippen LogP contribution in [0.1, 0.15) is 24.8 Å². The van der Waals surface area contributed by atoms with E-state index in [1.807, 2.05) is 67.6 Å². The van der Waals surface area contributed by atoms with Crippen LogP contribution in [0.3, 0.4) is 0 Å². The van der Waals surface area contributed by atoms with Crippen LogP contribution in [-0.4, -0.2) is 25.3 Å². The summed E-state index contributed by atoms with van der Waals surface area (Å²) >= 11 is 0. The van der Waals surface area contributed by atoms with Gasteiger partial charge in [0, 0.05) is 0 Å². The first-order valence-electron chi connectivity index (χ1n) is 9.05. The summed E-state index contributed by atoms with van der Waals surface area (Å²) in [7, 11) is 0. The smallest absolute Gasteiger partial charge is 0.273 e. The Morgan fingerprint density at radius 2 is 1.75 bits per heavy atom. The molecule has 1 amide bonds. The summed E-state index contributed by atoms with van der Waals surface area (Å²) in [5.74, 6) is -0.608. The van der Waals surface area contributed by atoms with Crippen molar-refractivity contribution in [3.63, 3.8) is 0 Å². The fraction of sp³-hybridized carbons (Fsp3) is 0.143.